The zero-order valence-electron chi connectivity index (χ0n) is 12.0. The molecule has 1 aliphatic heterocycles. The summed E-state index contributed by atoms with van der Waals surface area (Å²) in [7, 11) is 1.99. The maximum Gasteiger partial charge on any atom is 0.199 e. The smallest absolute Gasteiger partial charge is 0.199 e. The zero-order chi connectivity index (χ0) is 14.1. The van der Waals surface area contributed by atoms with Gasteiger partial charge in [-0.3, -0.25) is 4.90 Å². The van der Waals surface area contributed by atoms with Gasteiger partial charge in [-0.25, -0.2) is 4.68 Å². The highest BCUT2D eigenvalue weighted by molar-refractivity contribution is 7.71. The third kappa shape index (κ3) is 2.55. The Morgan fingerprint density at radius 1 is 1.25 bits per heavy atom. The highest BCUT2D eigenvalue weighted by Crippen LogP contribution is 2.19. The molecule has 0 unspecified atom stereocenters. The molecule has 0 bridgehead atoms. The van der Waals surface area contributed by atoms with Gasteiger partial charge in [-0.2, -0.15) is 5.10 Å². The second-order valence-corrected chi connectivity index (χ2v) is 5.87. The quantitative estimate of drug-likeness (QED) is 0.812. The van der Waals surface area contributed by atoms with Crippen LogP contribution in [0.4, 0.5) is 0 Å². The normalized spacial score (nSPS) is 15.9. The van der Waals surface area contributed by atoms with Crippen LogP contribution in [0, 0.1) is 11.7 Å². The van der Waals surface area contributed by atoms with E-state index in [9.17, 15) is 0 Å². The molecule has 0 saturated carbocycles. The van der Waals surface area contributed by atoms with Gasteiger partial charge in [-0.1, -0.05) is 23.8 Å². The van der Waals surface area contributed by atoms with E-state index in [1.165, 1.54) is 18.4 Å². The van der Waals surface area contributed by atoms with Crippen LogP contribution >= 0.6 is 12.2 Å². The van der Waals surface area contributed by atoms with Gasteiger partial charge in [0.25, 0.3) is 0 Å². The van der Waals surface area contributed by atoms with E-state index in [1.807, 2.05) is 16.3 Å². The lowest BCUT2D eigenvalue weighted by Gasteiger charge is -2.13. The van der Waals surface area contributed by atoms with Gasteiger partial charge in [0, 0.05) is 12.6 Å². The molecular formula is C15H20N4S. The van der Waals surface area contributed by atoms with Crippen LogP contribution in [0.25, 0.3) is 11.4 Å². The molecular weight excluding hydrogens is 268 g/mol. The summed E-state index contributed by atoms with van der Waals surface area (Å²) in [5, 5.41) is 4.72. The van der Waals surface area contributed by atoms with E-state index in [1.54, 1.807) is 0 Å². The van der Waals surface area contributed by atoms with Crippen LogP contribution < -0.4 is 0 Å². The predicted molar refractivity (Wildman–Crippen MR) is 83.0 cm³/mol. The van der Waals surface area contributed by atoms with Gasteiger partial charge >= 0.3 is 0 Å². The molecule has 2 heterocycles. The van der Waals surface area contributed by atoms with E-state index in [2.05, 4.69) is 36.1 Å². The highest BCUT2D eigenvalue weighted by Gasteiger charge is 2.15. The maximum absolute atomic E-state index is 5.52. The summed E-state index contributed by atoms with van der Waals surface area (Å²) in [4.78, 5) is 2.41. The lowest BCUT2D eigenvalue weighted by atomic mass is 10.1. The van der Waals surface area contributed by atoms with Crippen molar-refractivity contribution < 1.29 is 0 Å². The average Bonchev–Trinajstić information content (AvgIpc) is 3.03. The molecule has 1 saturated heterocycles. The van der Waals surface area contributed by atoms with Gasteiger partial charge in [0.05, 0.1) is 6.67 Å². The van der Waals surface area contributed by atoms with Gasteiger partial charge in [-0.05, 0) is 51.1 Å². The van der Waals surface area contributed by atoms with Gasteiger partial charge in [-0.15, -0.1) is 0 Å². The fourth-order valence-electron chi connectivity index (χ4n) is 2.73. The van der Waals surface area contributed by atoms with E-state index in [0.717, 1.165) is 35.9 Å². The first kappa shape index (κ1) is 13.5. The molecule has 106 valence electrons. The largest absolute Gasteiger partial charge is 0.303 e. The molecule has 1 aromatic heterocycles. The first-order valence-electron chi connectivity index (χ1n) is 7.08. The summed E-state index contributed by atoms with van der Waals surface area (Å²) in [5.41, 5.74) is 2.36. The standard InChI is InChI=1S/C15H20N4S/c1-12-6-5-7-13(10-12)14-16-19(15(20)17(14)2)11-18-8-3-4-9-18/h5-7,10H,3-4,8-9,11H2,1-2H3. The van der Waals surface area contributed by atoms with Crippen LogP contribution in [0.2, 0.25) is 0 Å². The minimum Gasteiger partial charge on any atom is -0.303 e. The van der Waals surface area contributed by atoms with Crippen LogP contribution in [-0.4, -0.2) is 32.3 Å². The second kappa shape index (κ2) is 5.50. The van der Waals surface area contributed by atoms with Crippen LogP contribution in [-0.2, 0) is 13.7 Å². The summed E-state index contributed by atoms with van der Waals surface area (Å²) in [6.45, 7) is 5.20. The molecule has 20 heavy (non-hydrogen) atoms. The highest BCUT2D eigenvalue weighted by atomic mass is 32.1. The molecule has 2 aromatic rings. The molecule has 0 N–H and O–H groups in total. The molecule has 0 aliphatic carbocycles. The number of rotatable bonds is 3. The Morgan fingerprint density at radius 2 is 2.00 bits per heavy atom. The van der Waals surface area contributed by atoms with Crippen molar-refractivity contribution >= 4 is 12.2 Å². The van der Waals surface area contributed by atoms with Gasteiger partial charge in [0.2, 0.25) is 0 Å². The van der Waals surface area contributed by atoms with Crippen molar-refractivity contribution in [2.45, 2.75) is 26.4 Å². The van der Waals surface area contributed by atoms with Gasteiger partial charge < -0.3 is 4.57 Å². The molecule has 3 rings (SSSR count). The number of hydrogen-bond acceptors (Lipinski definition) is 3. The number of aryl methyl sites for hydroxylation is 1. The van der Waals surface area contributed by atoms with Gasteiger partial charge in [0.1, 0.15) is 0 Å². The number of hydrogen-bond donors (Lipinski definition) is 0. The minimum absolute atomic E-state index is 0.786. The van der Waals surface area contributed by atoms with E-state index in [0.29, 0.717) is 0 Å². The summed E-state index contributed by atoms with van der Waals surface area (Å²) in [5.74, 6) is 0.942. The Morgan fingerprint density at radius 3 is 2.70 bits per heavy atom. The first-order valence-corrected chi connectivity index (χ1v) is 7.49. The maximum atomic E-state index is 5.52. The van der Waals surface area contributed by atoms with Gasteiger partial charge in [0.15, 0.2) is 10.6 Å². The van der Waals surface area contributed by atoms with Crippen LogP contribution in [0.1, 0.15) is 18.4 Å². The van der Waals surface area contributed by atoms with E-state index < -0.39 is 0 Å². The van der Waals surface area contributed by atoms with Crippen molar-refractivity contribution in [3.8, 4) is 11.4 Å². The lowest BCUT2D eigenvalue weighted by Crippen LogP contribution is -2.23. The van der Waals surface area contributed by atoms with E-state index in [4.69, 9.17) is 17.3 Å². The Kier molecular flexibility index (Phi) is 3.72. The molecule has 0 spiro atoms. The zero-order valence-corrected chi connectivity index (χ0v) is 12.9. The number of benzene rings is 1. The van der Waals surface area contributed by atoms with Crippen molar-refractivity contribution in [3.63, 3.8) is 0 Å². The third-order valence-electron chi connectivity index (χ3n) is 3.85. The third-order valence-corrected chi connectivity index (χ3v) is 4.33. The summed E-state index contributed by atoms with van der Waals surface area (Å²) < 4.78 is 4.73. The molecule has 5 heteroatoms. The van der Waals surface area contributed by atoms with E-state index in [-0.39, 0.29) is 0 Å². The SMILES string of the molecule is Cc1cccc(-c2nn(CN3CCCC3)c(=S)n2C)c1. The molecule has 0 amide bonds. The summed E-state index contributed by atoms with van der Waals surface area (Å²) in [6, 6.07) is 8.40. The Balaban J connectivity index is 1.94. The Bertz CT molecular complexity index is 665. The van der Waals surface area contributed by atoms with Crippen molar-refractivity contribution in [2.75, 3.05) is 13.1 Å². The summed E-state index contributed by atoms with van der Waals surface area (Å²) >= 11 is 5.52. The Labute approximate surface area is 124 Å². The molecule has 1 fully saturated rings. The molecule has 1 aromatic carbocycles. The number of aromatic nitrogens is 3. The lowest BCUT2D eigenvalue weighted by molar-refractivity contribution is 0.253. The minimum atomic E-state index is 0.786. The van der Waals surface area contributed by atoms with Crippen LogP contribution in [0.15, 0.2) is 24.3 Å². The van der Waals surface area contributed by atoms with Crippen molar-refractivity contribution in [3.05, 3.63) is 34.6 Å². The molecule has 0 atom stereocenters. The van der Waals surface area contributed by atoms with E-state index >= 15 is 0 Å². The second-order valence-electron chi connectivity index (χ2n) is 5.50. The van der Waals surface area contributed by atoms with Crippen molar-refractivity contribution in [1.82, 2.24) is 19.2 Å². The molecule has 4 nitrogen and oxygen atoms in total. The topological polar surface area (TPSA) is 26.0 Å². The molecule has 0 radical (unpaired) electrons. The van der Waals surface area contributed by atoms with Crippen LogP contribution in [0.5, 0.6) is 0 Å². The average molecular weight is 288 g/mol. The van der Waals surface area contributed by atoms with Crippen molar-refractivity contribution in [1.29, 1.82) is 0 Å². The van der Waals surface area contributed by atoms with Crippen LogP contribution in [0.3, 0.4) is 0 Å². The molecule has 1 aliphatic rings. The summed E-state index contributed by atoms with van der Waals surface area (Å²) in [6.07, 6.45) is 2.57. The fourth-order valence-corrected chi connectivity index (χ4v) is 2.91. The van der Waals surface area contributed by atoms with Crippen molar-refractivity contribution in [2.24, 2.45) is 7.05 Å². The monoisotopic (exact) mass is 288 g/mol. The Hall–Kier alpha value is -1.46. The fraction of sp³-hybridized carbons (Fsp3) is 0.467. The number of likely N-dealkylation sites (tertiary alicyclic amines) is 1. The predicted octanol–water partition coefficient (Wildman–Crippen LogP) is 2.98. The number of nitrogens with zero attached hydrogens (tertiary/aromatic N) is 4. The first-order chi connectivity index (χ1) is 9.65.